The molecule has 0 aliphatic carbocycles. The van der Waals surface area contributed by atoms with E-state index in [1.807, 2.05) is 26.8 Å². The summed E-state index contributed by atoms with van der Waals surface area (Å²) in [5, 5.41) is 8.44. The minimum Gasteiger partial charge on any atom is -0.485 e. The Bertz CT molecular complexity index is 209. The van der Waals surface area contributed by atoms with Crippen LogP contribution in [0.1, 0.15) is 25.1 Å². The van der Waals surface area contributed by atoms with Gasteiger partial charge in [-0.05, 0) is 0 Å². The first-order valence-electron chi connectivity index (χ1n) is 3.65. The van der Waals surface area contributed by atoms with E-state index in [4.69, 9.17) is 5.11 Å². The van der Waals surface area contributed by atoms with Gasteiger partial charge in [0.2, 0.25) is 0 Å². The van der Waals surface area contributed by atoms with Crippen LogP contribution in [0.25, 0.3) is 0 Å². The predicted molar refractivity (Wildman–Crippen MR) is 44.5 cm³/mol. The van der Waals surface area contributed by atoms with E-state index in [0.29, 0.717) is 5.69 Å². The van der Waals surface area contributed by atoms with Crippen LogP contribution in [-0.4, -0.2) is 10.1 Å². The summed E-state index contributed by atoms with van der Waals surface area (Å²) in [6, 6.07) is 4.67. The number of aliphatic hydroxyl groups is 1. The van der Waals surface area contributed by atoms with Crippen LogP contribution in [0.3, 0.4) is 0 Å². The van der Waals surface area contributed by atoms with Crippen molar-refractivity contribution >= 4 is 0 Å². The molecule has 0 saturated heterocycles. The molecule has 0 atom stereocenters. The Balaban J connectivity index is -0.0000000942. The standard InChI is InChI=1S/C7H7NO.C2H6.3U/c1-6-2-3-8-7(4-6)5-9;1-2;;;/h2-3,5,9H,1H3;1-2H3;;;/q-2;;;;. The fourth-order valence-corrected chi connectivity index (χ4v) is 0.571. The summed E-state index contributed by atoms with van der Waals surface area (Å²) >= 11 is 0. The van der Waals surface area contributed by atoms with Gasteiger partial charge in [0.05, 0.1) is 0 Å². The number of rotatable bonds is 1. The van der Waals surface area contributed by atoms with Crippen molar-refractivity contribution in [1.29, 1.82) is 0 Å². The van der Waals surface area contributed by atoms with Crippen molar-refractivity contribution < 1.29 is 98.4 Å². The summed E-state index contributed by atoms with van der Waals surface area (Å²) in [5.41, 5.74) is 1.46. The van der Waals surface area contributed by atoms with Crippen molar-refractivity contribution in [3.05, 3.63) is 36.2 Å². The quantitative estimate of drug-likeness (QED) is 0.440. The summed E-state index contributed by atoms with van der Waals surface area (Å²) in [5.74, 6) is 0. The molecule has 1 rings (SSSR count). The first-order valence-corrected chi connectivity index (χ1v) is 3.65. The Hall–Kier alpha value is 2.14. The van der Waals surface area contributed by atoms with Crippen molar-refractivity contribution in [1.82, 2.24) is 4.98 Å². The second-order valence-electron chi connectivity index (χ2n) is 1.77. The number of pyridine rings is 1. The molecule has 0 aliphatic heterocycles. The monoisotopic (exact) mass is 865 g/mol. The maximum Gasteiger partial charge on any atom is 0 e. The smallest absolute Gasteiger partial charge is 0 e. The van der Waals surface area contributed by atoms with Gasteiger partial charge in [-0.25, -0.2) is 6.07 Å². The van der Waals surface area contributed by atoms with Crippen LogP contribution in [-0.2, 0) is 0 Å². The molecule has 1 aromatic heterocycles. The molecule has 5 heteroatoms. The molecule has 1 heterocycles. The number of aliphatic hydroxyl groups excluding tert-OH is 1. The van der Waals surface area contributed by atoms with E-state index < -0.39 is 0 Å². The number of aryl methyl sites for hydroxylation is 1. The molecule has 0 fully saturated rings. The summed E-state index contributed by atoms with van der Waals surface area (Å²) in [6.45, 7) is 6.84. The van der Waals surface area contributed by atoms with E-state index in [9.17, 15) is 0 Å². The van der Waals surface area contributed by atoms with Crippen LogP contribution in [0.5, 0.6) is 0 Å². The molecular weight excluding hydrogens is 852 g/mol. The number of hydrogen-bond acceptors (Lipinski definition) is 2. The van der Waals surface area contributed by atoms with Gasteiger partial charge in [0.25, 0.3) is 0 Å². The van der Waals surface area contributed by atoms with Crippen molar-refractivity contribution in [3.63, 3.8) is 0 Å². The van der Waals surface area contributed by atoms with Crippen LogP contribution < -0.4 is 0 Å². The fourth-order valence-electron chi connectivity index (χ4n) is 0.571. The second kappa shape index (κ2) is 17.5. The van der Waals surface area contributed by atoms with E-state index >= 15 is 0 Å². The van der Waals surface area contributed by atoms with Gasteiger partial charge in [0.1, 0.15) is 0 Å². The van der Waals surface area contributed by atoms with Gasteiger partial charge in [0, 0.05) is 93.3 Å². The molecule has 0 unspecified atom stereocenters. The topological polar surface area (TPSA) is 33.1 Å². The SMILES string of the molecule is CC.Cc1[c-]c([CH-]O)ncc1.[U].[U].[U]. The third-order valence-electron chi connectivity index (χ3n) is 0.986. The fraction of sp³-hybridized carbons (Fsp3) is 0.333. The van der Waals surface area contributed by atoms with Gasteiger partial charge < -0.3 is 16.2 Å². The van der Waals surface area contributed by atoms with E-state index in [-0.39, 0.29) is 93.3 Å². The third kappa shape index (κ3) is 12.2. The average molecular weight is 865 g/mol. The van der Waals surface area contributed by atoms with Crippen LogP contribution in [0.15, 0.2) is 12.3 Å². The minimum atomic E-state index is 0. The van der Waals surface area contributed by atoms with Gasteiger partial charge in [-0.1, -0.05) is 27.0 Å². The summed E-state index contributed by atoms with van der Waals surface area (Å²) in [4.78, 5) is 3.80. The van der Waals surface area contributed by atoms with E-state index in [1.54, 1.807) is 6.20 Å². The van der Waals surface area contributed by atoms with E-state index in [1.165, 1.54) is 0 Å². The zero-order chi connectivity index (χ0) is 8.69. The predicted octanol–water partition coefficient (Wildman–Crippen LogP) is 2.10. The van der Waals surface area contributed by atoms with Gasteiger partial charge in [-0.3, -0.25) is 5.56 Å². The summed E-state index contributed by atoms with van der Waals surface area (Å²) < 4.78 is 0. The average Bonchev–Trinajstić information content (AvgIpc) is 2.08. The maximum atomic E-state index is 8.44. The maximum absolute atomic E-state index is 8.44. The molecule has 14 heavy (non-hydrogen) atoms. The molecule has 0 bridgehead atoms. The normalized spacial score (nSPS) is 6.29. The summed E-state index contributed by atoms with van der Waals surface area (Å²) in [6.07, 6.45) is 1.63. The minimum absolute atomic E-state index is 0. The van der Waals surface area contributed by atoms with Crippen LogP contribution >= 0.6 is 0 Å². The Morgan fingerprint density at radius 1 is 1.29 bits per heavy atom. The Morgan fingerprint density at radius 3 is 2.07 bits per heavy atom. The van der Waals surface area contributed by atoms with E-state index in [2.05, 4.69) is 11.1 Å². The first-order chi connectivity index (χ1) is 5.33. The van der Waals surface area contributed by atoms with Gasteiger partial charge in [-0.2, -0.15) is 0 Å². The molecule has 1 N–H and O–H groups in total. The van der Waals surface area contributed by atoms with Crippen LogP contribution in [0.2, 0.25) is 0 Å². The zero-order valence-electron chi connectivity index (χ0n) is 8.63. The number of hydrogen-bond donors (Lipinski definition) is 1. The Kier molecular flexibility index (Phi) is 31.4. The van der Waals surface area contributed by atoms with Crippen molar-refractivity contribution in [2.24, 2.45) is 0 Å². The number of nitrogens with zero attached hydrogens (tertiary/aromatic N) is 1. The molecule has 0 aliphatic rings. The molecule has 74 valence electrons. The number of aromatic nitrogens is 1. The molecule has 0 radical (unpaired) electrons. The van der Waals surface area contributed by atoms with Crippen LogP contribution in [0.4, 0.5) is 0 Å². The van der Waals surface area contributed by atoms with Crippen molar-refractivity contribution in [3.8, 4) is 0 Å². The summed E-state index contributed by atoms with van der Waals surface area (Å²) in [7, 11) is 0. The van der Waals surface area contributed by atoms with E-state index in [0.717, 1.165) is 12.2 Å². The van der Waals surface area contributed by atoms with Crippen molar-refractivity contribution in [2.75, 3.05) is 0 Å². The zero-order valence-corrected chi connectivity index (χ0v) is 21.1. The Labute approximate surface area is 158 Å². The molecule has 2 nitrogen and oxygen atoms in total. The van der Waals surface area contributed by atoms with Crippen LogP contribution in [0, 0.1) is 113 Å². The van der Waals surface area contributed by atoms with Gasteiger partial charge >= 0.3 is 0 Å². The second-order valence-corrected chi connectivity index (χ2v) is 1.77. The van der Waals surface area contributed by atoms with Gasteiger partial charge in [-0.15, -0.1) is 12.3 Å². The van der Waals surface area contributed by atoms with Crippen molar-refractivity contribution in [2.45, 2.75) is 20.8 Å². The molecule has 0 amide bonds. The molecule has 1 aromatic rings. The molecular formula is C9H13NOU3-2. The van der Waals surface area contributed by atoms with Gasteiger partial charge in [0.15, 0.2) is 0 Å². The molecule has 0 spiro atoms. The largest absolute Gasteiger partial charge is 0.485 e. The molecule has 0 saturated carbocycles. The Morgan fingerprint density at radius 2 is 1.79 bits per heavy atom. The molecule has 0 aromatic carbocycles. The first kappa shape index (κ1) is 25.1. The third-order valence-corrected chi connectivity index (χ3v) is 0.986.